The monoisotopic (exact) mass is 317 g/mol. The molecule has 0 fully saturated rings. The summed E-state index contributed by atoms with van der Waals surface area (Å²) in [5.41, 5.74) is 5.08. The van der Waals surface area contributed by atoms with E-state index in [0.29, 0.717) is 0 Å². The molecule has 2 rings (SSSR count). The Morgan fingerprint density at radius 3 is 2.21 bits per heavy atom. The number of aryl methyl sites for hydroxylation is 2. The lowest BCUT2D eigenvalue weighted by Crippen LogP contribution is -2.10. The highest BCUT2D eigenvalue weighted by Crippen LogP contribution is 2.26. The third kappa shape index (κ3) is 3.24. The lowest BCUT2D eigenvalue weighted by atomic mass is 10.0. The summed E-state index contributed by atoms with van der Waals surface area (Å²) >= 11 is 3.58. The normalized spacial score (nSPS) is 10.3. The molecule has 0 radical (unpaired) electrons. The van der Waals surface area contributed by atoms with Gasteiger partial charge < -0.3 is 3.93 Å². The molecule has 2 aromatic carbocycles. The second-order valence-electron chi connectivity index (χ2n) is 4.62. The fourth-order valence-corrected chi connectivity index (χ4v) is 2.61. The van der Waals surface area contributed by atoms with E-state index >= 15 is 0 Å². The summed E-state index contributed by atoms with van der Waals surface area (Å²) in [6, 6.07) is 14.3. The van der Waals surface area contributed by atoms with Gasteiger partial charge in [0.05, 0.1) is 6.54 Å². The molecule has 0 heterocycles. The van der Waals surface area contributed by atoms with Crippen molar-refractivity contribution in [1.82, 2.24) is 0 Å². The van der Waals surface area contributed by atoms with Gasteiger partial charge in [0.1, 0.15) is 0 Å². The molecule has 0 saturated carbocycles. The standard InChI is InChI=1S/C16H16BrNO/c1-12-8-15(9-13(2)16(12)11-19)18(17)10-14-6-4-3-5-7-14/h3-9,11H,10H2,1-2H3. The van der Waals surface area contributed by atoms with Gasteiger partial charge in [-0.2, -0.15) is 0 Å². The Kier molecular flexibility index (Phi) is 4.38. The Morgan fingerprint density at radius 1 is 1.11 bits per heavy atom. The van der Waals surface area contributed by atoms with E-state index in [4.69, 9.17) is 0 Å². The van der Waals surface area contributed by atoms with Crippen LogP contribution in [0.15, 0.2) is 42.5 Å². The minimum atomic E-state index is 0.778. The van der Waals surface area contributed by atoms with Gasteiger partial charge in [-0.3, -0.25) is 4.79 Å². The first-order valence-electron chi connectivity index (χ1n) is 6.15. The first kappa shape index (κ1) is 13.8. The molecule has 0 bridgehead atoms. The molecular formula is C16H16BrNO. The molecular weight excluding hydrogens is 302 g/mol. The van der Waals surface area contributed by atoms with Crippen LogP contribution in [-0.2, 0) is 6.54 Å². The summed E-state index contributed by atoms with van der Waals surface area (Å²) in [6.07, 6.45) is 0.921. The third-order valence-corrected chi connectivity index (χ3v) is 3.80. The zero-order valence-electron chi connectivity index (χ0n) is 11.1. The first-order chi connectivity index (χ1) is 9.11. The number of anilines is 1. The summed E-state index contributed by atoms with van der Waals surface area (Å²) in [4.78, 5) is 11.0. The Morgan fingerprint density at radius 2 is 1.68 bits per heavy atom. The maximum atomic E-state index is 11.0. The van der Waals surface area contributed by atoms with Crippen molar-refractivity contribution in [3.63, 3.8) is 0 Å². The Bertz CT molecular complexity index is 558. The summed E-state index contributed by atoms with van der Waals surface area (Å²) in [5.74, 6) is 0. The van der Waals surface area contributed by atoms with Gasteiger partial charge in [0, 0.05) is 27.4 Å². The topological polar surface area (TPSA) is 20.3 Å². The summed E-state index contributed by atoms with van der Waals surface area (Å²) < 4.78 is 2.01. The summed E-state index contributed by atoms with van der Waals surface area (Å²) in [5, 5.41) is 0. The number of hydrogen-bond acceptors (Lipinski definition) is 2. The molecule has 0 unspecified atom stereocenters. The van der Waals surface area contributed by atoms with Crippen molar-refractivity contribution in [1.29, 1.82) is 0 Å². The van der Waals surface area contributed by atoms with E-state index in [1.54, 1.807) is 0 Å². The Labute approximate surface area is 122 Å². The zero-order chi connectivity index (χ0) is 13.8. The van der Waals surface area contributed by atoms with Crippen molar-refractivity contribution >= 4 is 28.1 Å². The van der Waals surface area contributed by atoms with Crippen molar-refractivity contribution < 1.29 is 4.79 Å². The molecule has 2 nitrogen and oxygen atoms in total. The molecule has 2 aromatic rings. The first-order valence-corrected chi connectivity index (χ1v) is 6.86. The van der Waals surface area contributed by atoms with Crippen molar-refractivity contribution in [2.24, 2.45) is 0 Å². The SMILES string of the molecule is Cc1cc(N(Br)Cc2ccccc2)cc(C)c1C=O. The van der Waals surface area contributed by atoms with Crippen LogP contribution in [0, 0.1) is 13.8 Å². The highest BCUT2D eigenvalue weighted by atomic mass is 79.9. The van der Waals surface area contributed by atoms with Gasteiger partial charge >= 0.3 is 0 Å². The minimum absolute atomic E-state index is 0.778. The van der Waals surface area contributed by atoms with Crippen LogP contribution >= 0.6 is 16.1 Å². The average Bonchev–Trinajstić information content (AvgIpc) is 2.39. The van der Waals surface area contributed by atoms with E-state index in [-0.39, 0.29) is 0 Å². The number of hydrogen-bond donors (Lipinski definition) is 0. The molecule has 0 aliphatic rings. The molecule has 0 N–H and O–H groups in total. The molecule has 3 heteroatoms. The van der Waals surface area contributed by atoms with Crippen LogP contribution in [0.25, 0.3) is 0 Å². The van der Waals surface area contributed by atoms with Gasteiger partial charge in [-0.05, 0) is 42.7 Å². The number of benzene rings is 2. The Hall–Kier alpha value is -1.61. The third-order valence-electron chi connectivity index (χ3n) is 3.14. The highest BCUT2D eigenvalue weighted by Gasteiger charge is 2.09. The zero-order valence-corrected chi connectivity index (χ0v) is 12.6. The fraction of sp³-hybridized carbons (Fsp3) is 0.188. The van der Waals surface area contributed by atoms with Crippen LogP contribution < -0.4 is 3.93 Å². The number of carbonyl (C=O) groups is 1. The van der Waals surface area contributed by atoms with E-state index < -0.39 is 0 Å². The quantitative estimate of drug-likeness (QED) is 0.614. The van der Waals surface area contributed by atoms with Crippen LogP contribution in [0.5, 0.6) is 0 Å². The summed E-state index contributed by atoms with van der Waals surface area (Å²) in [7, 11) is 0. The van der Waals surface area contributed by atoms with Crippen LogP contribution in [0.1, 0.15) is 27.0 Å². The highest BCUT2D eigenvalue weighted by molar-refractivity contribution is 9.10. The predicted octanol–water partition coefficient (Wildman–Crippen LogP) is 4.43. The molecule has 0 atom stereocenters. The number of rotatable bonds is 4. The average molecular weight is 318 g/mol. The minimum Gasteiger partial charge on any atom is -0.304 e. The molecule has 0 saturated heterocycles. The number of aldehydes is 1. The van der Waals surface area contributed by atoms with Crippen LogP contribution in [0.2, 0.25) is 0 Å². The van der Waals surface area contributed by atoms with E-state index in [0.717, 1.165) is 35.2 Å². The van der Waals surface area contributed by atoms with Crippen molar-refractivity contribution in [3.8, 4) is 0 Å². The number of nitrogens with zero attached hydrogens (tertiary/aromatic N) is 1. The maximum Gasteiger partial charge on any atom is 0.150 e. The molecule has 98 valence electrons. The number of halogens is 1. The lowest BCUT2D eigenvalue weighted by Gasteiger charge is -2.19. The van der Waals surface area contributed by atoms with Gasteiger partial charge in [-0.1, -0.05) is 30.3 Å². The van der Waals surface area contributed by atoms with Crippen LogP contribution in [0.4, 0.5) is 5.69 Å². The van der Waals surface area contributed by atoms with Gasteiger partial charge in [0.15, 0.2) is 6.29 Å². The molecule has 0 spiro atoms. The molecule has 0 amide bonds. The largest absolute Gasteiger partial charge is 0.304 e. The molecule has 0 aromatic heterocycles. The second kappa shape index (κ2) is 6.02. The van der Waals surface area contributed by atoms with E-state index in [2.05, 4.69) is 28.3 Å². The Balaban J connectivity index is 2.25. The van der Waals surface area contributed by atoms with E-state index in [1.165, 1.54) is 5.56 Å². The van der Waals surface area contributed by atoms with Crippen molar-refractivity contribution in [2.75, 3.05) is 3.93 Å². The van der Waals surface area contributed by atoms with E-state index in [1.807, 2.05) is 48.1 Å². The van der Waals surface area contributed by atoms with Gasteiger partial charge in [0.25, 0.3) is 0 Å². The van der Waals surface area contributed by atoms with E-state index in [9.17, 15) is 4.79 Å². The smallest absolute Gasteiger partial charge is 0.150 e. The molecule has 19 heavy (non-hydrogen) atoms. The van der Waals surface area contributed by atoms with Crippen molar-refractivity contribution in [2.45, 2.75) is 20.4 Å². The molecule has 0 aliphatic heterocycles. The van der Waals surface area contributed by atoms with Gasteiger partial charge in [0.2, 0.25) is 0 Å². The summed E-state index contributed by atoms with van der Waals surface area (Å²) in [6.45, 7) is 4.70. The number of carbonyl (C=O) groups excluding carboxylic acids is 1. The van der Waals surface area contributed by atoms with Crippen molar-refractivity contribution in [3.05, 3.63) is 64.7 Å². The van der Waals surface area contributed by atoms with Gasteiger partial charge in [-0.15, -0.1) is 0 Å². The lowest BCUT2D eigenvalue weighted by molar-refractivity contribution is 0.112. The fourth-order valence-electron chi connectivity index (χ4n) is 2.11. The maximum absolute atomic E-state index is 11.0. The van der Waals surface area contributed by atoms with Crippen LogP contribution in [0.3, 0.4) is 0 Å². The predicted molar refractivity (Wildman–Crippen MR) is 82.9 cm³/mol. The second-order valence-corrected chi connectivity index (χ2v) is 5.47. The molecule has 0 aliphatic carbocycles. The van der Waals surface area contributed by atoms with Crippen LogP contribution in [-0.4, -0.2) is 6.29 Å². The van der Waals surface area contributed by atoms with Gasteiger partial charge in [-0.25, -0.2) is 0 Å².